The van der Waals surface area contributed by atoms with E-state index in [9.17, 15) is 4.79 Å². The zero-order valence-corrected chi connectivity index (χ0v) is 11.8. The number of carbonyl (C=O) groups is 1. The van der Waals surface area contributed by atoms with E-state index in [1.807, 2.05) is 78.9 Å². The average molecular weight is 276 g/mol. The van der Waals surface area contributed by atoms with Crippen LogP contribution in [0.1, 0.15) is 5.56 Å². The van der Waals surface area contributed by atoms with Crippen molar-refractivity contribution < 1.29 is 9.53 Å². The summed E-state index contributed by atoms with van der Waals surface area (Å²) in [6.07, 6.45) is 15.9. The van der Waals surface area contributed by atoms with E-state index in [1.54, 1.807) is 0 Å². The molecule has 1 atom stereocenters. The molecule has 0 aromatic heterocycles. The van der Waals surface area contributed by atoms with Crippen molar-refractivity contribution in [1.82, 2.24) is 0 Å². The zero-order valence-electron chi connectivity index (χ0n) is 11.8. The quantitative estimate of drug-likeness (QED) is 0.771. The predicted octanol–water partition coefficient (Wildman–Crippen LogP) is 3.65. The Kier molecular flexibility index (Phi) is 3.44. The van der Waals surface area contributed by atoms with Crippen LogP contribution in [0.2, 0.25) is 0 Å². The van der Waals surface area contributed by atoms with E-state index in [2.05, 4.69) is 0 Å². The first-order chi connectivity index (χ1) is 10.3. The number of hydrogen-bond acceptors (Lipinski definition) is 2. The number of esters is 1. The minimum absolute atomic E-state index is 0.276. The molecule has 0 radical (unpaired) electrons. The molecular weight excluding hydrogens is 260 g/mol. The Bertz CT molecular complexity index is 702. The first-order valence-corrected chi connectivity index (χ1v) is 6.88. The fourth-order valence-electron chi connectivity index (χ4n) is 2.68. The lowest BCUT2D eigenvalue weighted by Gasteiger charge is -2.29. The Balaban J connectivity index is 2.18. The number of ether oxygens (including phenoxy) is 1. The number of allylic oxidation sites excluding steroid dienone is 8. The van der Waals surface area contributed by atoms with E-state index in [1.165, 1.54) is 7.11 Å². The number of carbonyl (C=O) groups excluding carboxylic acids is 1. The van der Waals surface area contributed by atoms with Gasteiger partial charge in [-0.3, -0.25) is 4.79 Å². The van der Waals surface area contributed by atoms with Crippen molar-refractivity contribution in [2.24, 2.45) is 0 Å². The van der Waals surface area contributed by atoms with Crippen LogP contribution in [0.25, 0.3) is 0 Å². The van der Waals surface area contributed by atoms with Gasteiger partial charge >= 0.3 is 5.97 Å². The van der Waals surface area contributed by atoms with Crippen molar-refractivity contribution in [2.75, 3.05) is 7.11 Å². The summed E-state index contributed by atoms with van der Waals surface area (Å²) in [7, 11) is 1.43. The molecule has 1 unspecified atom stereocenters. The maximum Gasteiger partial charge on any atom is 0.324 e. The molecule has 2 aliphatic carbocycles. The molecule has 21 heavy (non-hydrogen) atoms. The molecule has 1 aromatic carbocycles. The van der Waals surface area contributed by atoms with Crippen LogP contribution in [-0.4, -0.2) is 13.1 Å². The van der Waals surface area contributed by atoms with Crippen LogP contribution >= 0.6 is 0 Å². The van der Waals surface area contributed by atoms with Crippen LogP contribution < -0.4 is 0 Å². The maximum atomic E-state index is 12.5. The summed E-state index contributed by atoms with van der Waals surface area (Å²) in [4.78, 5) is 12.5. The molecule has 2 nitrogen and oxygen atoms in total. The van der Waals surface area contributed by atoms with Crippen LogP contribution in [-0.2, 0) is 14.9 Å². The summed E-state index contributed by atoms with van der Waals surface area (Å²) in [5.41, 5.74) is 2.16. The Morgan fingerprint density at radius 3 is 2.57 bits per heavy atom. The largest absolute Gasteiger partial charge is 0.468 e. The highest BCUT2D eigenvalue weighted by atomic mass is 16.5. The molecule has 0 bridgehead atoms. The van der Waals surface area contributed by atoms with Gasteiger partial charge in [-0.15, -0.1) is 0 Å². The summed E-state index contributed by atoms with van der Waals surface area (Å²) < 4.78 is 5.06. The lowest BCUT2D eigenvalue weighted by Crippen LogP contribution is -2.34. The molecule has 0 heterocycles. The van der Waals surface area contributed by atoms with Gasteiger partial charge in [-0.25, -0.2) is 0 Å². The van der Waals surface area contributed by atoms with E-state index in [-0.39, 0.29) is 5.97 Å². The van der Waals surface area contributed by atoms with Crippen molar-refractivity contribution in [3.8, 4) is 0 Å². The topological polar surface area (TPSA) is 26.3 Å². The van der Waals surface area contributed by atoms with Gasteiger partial charge in [0.25, 0.3) is 0 Å². The van der Waals surface area contributed by atoms with E-state index in [0.29, 0.717) is 0 Å². The van der Waals surface area contributed by atoms with Gasteiger partial charge < -0.3 is 4.74 Å². The van der Waals surface area contributed by atoms with Crippen LogP contribution in [0.15, 0.2) is 90.1 Å². The van der Waals surface area contributed by atoms with Crippen molar-refractivity contribution >= 4 is 5.97 Å². The van der Waals surface area contributed by atoms with Crippen molar-refractivity contribution in [2.45, 2.75) is 5.41 Å². The van der Waals surface area contributed by atoms with Crippen LogP contribution in [0.3, 0.4) is 0 Å². The first-order valence-electron chi connectivity index (χ1n) is 6.88. The van der Waals surface area contributed by atoms with Gasteiger partial charge in [0.05, 0.1) is 7.11 Å². The van der Waals surface area contributed by atoms with Gasteiger partial charge in [-0.05, 0) is 16.7 Å². The Hall–Kier alpha value is -2.61. The van der Waals surface area contributed by atoms with Gasteiger partial charge in [-0.1, -0.05) is 78.9 Å². The lowest BCUT2D eigenvalue weighted by atomic mass is 9.74. The van der Waals surface area contributed by atoms with E-state index in [4.69, 9.17) is 4.74 Å². The number of methoxy groups -OCH3 is 1. The minimum atomic E-state index is -0.864. The fraction of sp³-hybridized carbons (Fsp3) is 0.105. The summed E-state index contributed by atoms with van der Waals surface area (Å²) in [5.74, 6) is -0.276. The second-order valence-corrected chi connectivity index (χ2v) is 5.03. The maximum absolute atomic E-state index is 12.5. The van der Waals surface area contributed by atoms with Gasteiger partial charge in [0.2, 0.25) is 0 Å². The summed E-state index contributed by atoms with van der Waals surface area (Å²) in [6.45, 7) is 0. The minimum Gasteiger partial charge on any atom is -0.468 e. The molecule has 1 aromatic rings. The summed E-state index contributed by atoms with van der Waals surface area (Å²) in [6, 6.07) is 9.71. The molecule has 0 N–H and O–H groups in total. The van der Waals surface area contributed by atoms with Crippen LogP contribution in [0.5, 0.6) is 0 Å². The highest BCUT2D eigenvalue weighted by Gasteiger charge is 2.39. The Morgan fingerprint density at radius 2 is 1.81 bits per heavy atom. The van der Waals surface area contributed by atoms with Crippen molar-refractivity contribution in [3.63, 3.8) is 0 Å². The smallest absolute Gasteiger partial charge is 0.324 e. The first kappa shape index (κ1) is 13.4. The second-order valence-electron chi connectivity index (χ2n) is 5.03. The monoisotopic (exact) mass is 276 g/mol. The molecule has 0 spiro atoms. The van der Waals surface area contributed by atoms with Gasteiger partial charge in [0, 0.05) is 0 Å². The highest BCUT2D eigenvalue weighted by Crippen LogP contribution is 2.37. The molecule has 0 aliphatic heterocycles. The lowest BCUT2D eigenvalue weighted by molar-refractivity contribution is -0.143. The third-order valence-corrected chi connectivity index (χ3v) is 3.79. The fourth-order valence-corrected chi connectivity index (χ4v) is 2.68. The molecule has 2 aliphatic rings. The molecule has 0 amide bonds. The third-order valence-electron chi connectivity index (χ3n) is 3.79. The van der Waals surface area contributed by atoms with Gasteiger partial charge in [0.15, 0.2) is 0 Å². The van der Waals surface area contributed by atoms with Crippen LogP contribution in [0, 0.1) is 0 Å². The normalized spacial score (nSPS) is 22.9. The number of hydrogen-bond donors (Lipinski definition) is 0. The number of fused-ring (bicyclic) bond motifs is 1. The molecule has 0 saturated heterocycles. The number of benzene rings is 1. The molecule has 0 saturated carbocycles. The highest BCUT2D eigenvalue weighted by molar-refractivity contribution is 5.90. The molecule has 104 valence electrons. The average Bonchev–Trinajstić information content (AvgIpc) is 2.79. The molecule has 0 fully saturated rings. The van der Waals surface area contributed by atoms with Gasteiger partial charge in [0.1, 0.15) is 5.41 Å². The number of rotatable bonds is 2. The van der Waals surface area contributed by atoms with E-state index >= 15 is 0 Å². The van der Waals surface area contributed by atoms with Crippen molar-refractivity contribution in [3.05, 3.63) is 95.6 Å². The Morgan fingerprint density at radius 1 is 1.00 bits per heavy atom. The van der Waals surface area contributed by atoms with Crippen LogP contribution in [0.4, 0.5) is 0 Å². The summed E-state index contributed by atoms with van der Waals surface area (Å²) in [5, 5.41) is 0. The Labute approximate surface area is 124 Å². The standard InChI is InChI=1S/C19H16O2/c1-21-18(20)19(17-10-6-3-7-11-17)13-12-15-8-4-2-5-9-16(15)14-19/h2-14H,1H3. The summed E-state index contributed by atoms with van der Waals surface area (Å²) >= 11 is 0. The molecule has 3 rings (SSSR count). The van der Waals surface area contributed by atoms with E-state index < -0.39 is 5.41 Å². The zero-order chi connectivity index (χ0) is 14.7. The second kappa shape index (κ2) is 5.41. The third kappa shape index (κ3) is 2.29. The molecule has 2 heteroatoms. The SMILES string of the molecule is COC(=O)C1(c2ccccc2)C=CC2=CC=CC=CC2=C1. The predicted molar refractivity (Wildman–Crippen MR) is 83.7 cm³/mol. The van der Waals surface area contributed by atoms with Gasteiger partial charge in [-0.2, -0.15) is 0 Å². The van der Waals surface area contributed by atoms with E-state index in [0.717, 1.165) is 16.7 Å². The van der Waals surface area contributed by atoms with Crippen molar-refractivity contribution in [1.29, 1.82) is 0 Å². The molecular formula is C19H16O2.